The maximum absolute atomic E-state index is 5.47. The van der Waals surface area contributed by atoms with Gasteiger partial charge in [-0.3, -0.25) is 4.90 Å². The van der Waals surface area contributed by atoms with Crippen molar-refractivity contribution in [2.75, 3.05) is 26.7 Å². The van der Waals surface area contributed by atoms with Crippen molar-refractivity contribution in [3.8, 4) is 5.75 Å². The van der Waals surface area contributed by atoms with Gasteiger partial charge in [-0.1, -0.05) is 30.3 Å². The zero-order valence-electron chi connectivity index (χ0n) is 16.8. The summed E-state index contributed by atoms with van der Waals surface area (Å²) in [7, 11) is 1.74. The minimum Gasteiger partial charge on any atom is -0.497 e. The molecule has 3 heterocycles. The molecule has 0 aliphatic carbocycles. The molecule has 0 bridgehead atoms. The van der Waals surface area contributed by atoms with Crippen LogP contribution in [0.5, 0.6) is 5.75 Å². The molecule has 0 saturated carbocycles. The lowest BCUT2D eigenvalue weighted by Gasteiger charge is -2.46. The zero-order valence-corrected chi connectivity index (χ0v) is 16.8. The molecule has 1 unspecified atom stereocenters. The molecule has 5 rings (SSSR count). The molecule has 146 valence electrons. The highest BCUT2D eigenvalue weighted by molar-refractivity contribution is 5.86. The second-order valence-corrected chi connectivity index (χ2v) is 8.27. The lowest BCUT2D eigenvalue weighted by Crippen LogP contribution is -2.54. The van der Waals surface area contributed by atoms with Crippen molar-refractivity contribution in [3.63, 3.8) is 0 Å². The van der Waals surface area contributed by atoms with E-state index in [2.05, 4.69) is 70.7 Å². The number of rotatable bonds is 3. The number of methoxy groups -OCH3 is 1. The van der Waals surface area contributed by atoms with Gasteiger partial charge >= 0.3 is 0 Å². The van der Waals surface area contributed by atoms with Crippen LogP contribution in [0.3, 0.4) is 0 Å². The van der Waals surface area contributed by atoms with E-state index in [4.69, 9.17) is 4.74 Å². The number of aromatic nitrogens is 1. The highest BCUT2D eigenvalue weighted by Crippen LogP contribution is 2.42. The topological polar surface area (TPSA) is 40.3 Å². The number of piperidine rings is 1. The third-order valence-corrected chi connectivity index (χ3v) is 6.91. The Hall–Kier alpha value is -2.30. The molecule has 28 heavy (non-hydrogen) atoms. The fraction of sp³-hybridized carbons (Fsp3) is 0.417. The standard InChI is InChI=1S/C24H29N3O/c1-17(18-6-4-3-5-7-18)27-14-11-24(12-15-27)23-20(10-13-25-24)21-16-19(28-2)8-9-22(21)26-23/h3-9,16-17,25-26H,10-15H2,1-2H3. The van der Waals surface area contributed by atoms with Crippen LogP contribution < -0.4 is 10.1 Å². The Morgan fingerprint density at radius 2 is 1.86 bits per heavy atom. The predicted molar refractivity (Wildman–Crippen MR) is 114 cm³/mol. The number of H-pyrrole nitrogens is 1. The van der Waals surface area contributed by atoms with Gasteiger partial charge in [-0.2, -0.15) is 0 Å². The minimum absolute atomic E-state index is 0.0761. The van der Waals surface area contributed by atoms with Crippen LogP contribution in [0.2, 0.25) is 0 Å². The first-order valence-corrected chi connectivity index (χ1v) is 10.4. The van der Waals surface area contributed by atoms with E-state index >= 15 is 0 Å². The highest BCUT2D eigenvalue weighted by atomic mass is 16.5. The van der Waals surface area contributed by atoms with E-state index in [1.165, 1.54) is 27.7 Å². The number of aromatic amines is 1. The second kappa shape index (κ2) is 6.94. The Balaban J connectivity index is 1.42. The molecule has 4 heteroatoms. The molecule has 1 atom stereocenters. The predicted octanol–water partition coefficient (Wildman–Crippen LogP) is 4.37. The summed E-state index contributed by atoms with van der Waals surface area (Å²) in [6.45, 7) is 5.61. The van der Waals surface area contributed by atoms with E-state index in [9.17, 15) is 0 Å². The van der Waals surface area contributed by atoms with Gasteiger partial charge in [0, 0.05) is 42.3 Å². The first kappa shape index (κ1) is 17.8. The van der Waals surface area contributed by atoms with Gasteiger partial charge in [0.15, 0.2) is 0 Å². The van der Waals surface area contributed by atoms with Crippen molar-refractivity contribution >= 4 is 10.9 Å². The molecule has 2 N–H and O–H groups in total. The van der Waals surface area contributed by atoms with Gasteiger partial charge in [-0.15, -0.1) is 0 Å². The van der Waals surface area contributed by atoms with E-state index in [0.717, 1.165) is 44.6 Å². The largest absolute Gasteiger partial charge is 0.497 e. The van der Waals surface area contributed by atoms with Crippen molar-refractivity contribution in [1.29, 1.82) is 0 Å². The average molecular weight is 376 g/mol. The van der Waals surface area contributed by atoms with Crippen molar-refractivity contribution in [2.45, 2.75) is 37.8 Å². The summed E-state index contributed by atoms with van der Waals surface area (Å²) >= 11 is 0. The Labute approximate surface area is 166 Å². The Kier molecular flexibility index (Phi) is 4.41. The quantitative estimate of drug-likeness (QED) is 0.714. The van der Waals surface area contributed by atoms with Crippen molar-refractivity contribution in [2.24, 2.45) is 0 Å². The van der Waals surface area contributed by atoms with E-state index < -0.39 is 0 Å². The number of nitrogens with one attached hydrogen (secondary N) is 2. The van der Waals surface area contributed by atoms with Crippen molar-refractivity contribution in [3.05, 3.63) is 65.4 Å². The molecule has 2 aliphatic heterocycles. The van der Waals surface area contributed by atoms with Crippen molar-refractivity contribution < 1.29 is 4.74 Å². The van der Waals surface area contributed by atoms with Crippen LogP contribution in [-0.2, 0) is 12.0 Å². The first-order chi connectivity index (χ1) is 13.7. The number of likely N-dealkylation sites (tertiary alicyclic amines) is 1. The summed E-state index contributed by atoms with van der Waals surface area (Å²) < 4.78 is 5.47. The second-order valence-electron chi connectivity index (χ2n) is 8.27. The number of nitrogens with zero attached hydrogens (tertiary/aromatic N) is 1. The van der Waals surface area contributed by atoms with E-state index in [1.54, 1.807) is 7.11 Å². The number of hydrogen-bond acceptors (Lipinski definition) is 3. The maximum Gasteiger partial charge on any atom is 0.119 e. The zero-order chi connectivity index (χ0) is 19.1. The Morgan fingerprint density at radius 1 is 1.07 bits per heavy atom. The van der Waals surface area contributed by atoms with E-state index in [-0.39, 0.29) is 5.54 Å². The highest BCUT2D eigenvalue weighted by Gasteiger charge is 2.42. The third-order valence-electron chi connectivity index (χ3n) is 6.91. The summed E-state index contributed by atoms with van der Waals surface area (Å²) in [4.78, 5) is 6.39. The summed E-state index contributed by atoms with van der Waals surface area (Å²) in [5.74, 6) is 0.938. The summed E-state index contributed by atoms with van der Waals surface area (Å²) in [5, 5.41) is 5.22. The number of fused-ring (bicyclic) bond motifs is 4. The summed E-state index contributed by atoms with van der Waals surface area (Å²) in [6, 6.07) is 17.7. The summed E-state index contributed by atoms with van der Waals surface area (Å²) in [6.07, 6.45) is 3.36. The van der Waals surface area contributed by atoms with Gasteiger partial charge in [-0.05, 0) is 55.5 Å². The number of hydrogen-bond donors (Lipinski definition) is 2. The monoisotopic (exact) mass is 375 g/mol. The van der Waals surface area contributed by atoms with Gasteiger partial charge in [0.2, 0.25) is 0 Å². The molecule has 4 nitrogen and oxygen atoms in total. The van der Waals surface area contributed by atoms with E-state index in [1.807, 2.05) is 0 Å². The molecular weight excluding hydrogens is 346 g/mol. The maximum atomic E-state index is 5.47. The molecule has 0 amide bonds. The Bertz CT molecular complexity index is 970. The normalized spacial score (nSPS) is 20.2. The van der Waals surface area contributed by atoms with Gasteiger partial charge in [0.05, 0.1) is 12.6 Å². The molecule has 1 saturated heterocycles. The molecule has 1 spiro atoms. The molecule has 0 radical (unpaired) electrons. The fourth-order valence-electron chi connectivity index (χ4n) is 5.20. The first-order valence-electron chi connectivity index (χ1n) is 10.4. The fourth-order valence-corrected chi connectivity index (χ4v) is 5.20. The van der Waals surface area contributed by atoms with Gasteiger partial charge < -0.3 is 15.0 Å². The van der Waals surface area contributed by atoms with Crippen LogP contribution in [-0.4, -0.2) is 36.6 Å². The van der Waals surface area contributed by atoms with Crippen LogP contribution in [0.1, 0.15) is 42.6 Å². The lowest BCUT2D eigenvalue weighted by molar-refractivity contribution is 0.0971. The molecule has 1 aromatic heterocycles. The van der Waals surface area contributed by atoms with Crippen LogP contribution in [0, 0.1) is 0 Å². The average Bonchev–Trinajstić information content (AvgIpc) is 3.14. The van der Waals surface area contributed by atoms with Crippen molar-refractivity contribution in [1.82, 2.24) is 15.2 Å². The van der Waals surface area contributed by atoms with Gasteiger partial charge in [-0.25, -0.2) is 0 Å². The van der Waals surface area contributed by atoms with Crippen LogP contribution in [0.4, 0.5) is 0 Å². The van der Waals surface area contributed by atoms with Gasteiger partial charge in [0.25, 0.3) is 0 Å². The Morgan fingerprint density at radius 3 is 2.61 bits per heavy atom. The van der Waals surface area contributed by atoms with Crippen LogP contribution >= 0.6 is 0 Å². The molecule has 2 aromatic carbocycles. The van der Waals surface area contributed by atoms with Crippen LogP contribution in [0.15, 0.2) is 48.5 Å². The minimum atomic E-state index is 0.0761. The number of ether oxygens (including phenoxy) is 1. The van der Waals surface area contributed by atoms with Gasteiger partial charge in [0.1, 0.15) is 5.75 Å². The molecule has 3 aromatic rings. The SMILES string of the molecule is COc1ccc2[nH]c3c(c2c1)CCNC31CCN(C(C)c2ccccc2)CC1. The molecular formula is C24H29N3O. The van der Waals surface area contributed by atoms with E-state index in [0.29, 0.717) is 6.04 Å². The summed E-state index contributed by atoms with van der Waals surface area (Å²) in [5.41, 5.74) is 5.61. The lowest BCUT2D eigenvalue weighted by atomic mass is 9.79. The molecule has 1 fully saturated rings. The molecule has 2 aliphatic rings. The third kappa shape index (κ3) is 2.83. The smallest absolute Gasteiger partial charge is 0.119 e. The van der Waals surface area contributed by atoms with Crippen LogP contribution in [0.25, 0.3) is 10.9 Å². The number of benzene rings is 2.